The van der Waals surface area contributed by atoms with Gasteiger partial charge in [0.05, 0.1) is 6.61 Å². The molecule has 1 N–H and O–H groups in total. The third-order valence-corrected chi connectivity index (χ3v) is 5.98. The molecule has 1 fully saturated rings. The maximum atomic E-state index is 13.4. The molecule has 1 aliphatic heterocycles. The summed E-state index contributed by atoms with van der Waals surface area (Å²) >= 11 is 0. The van der Waals surface area contributed by atoms with Crippen LogP contribution >= 0.6 is 0 Å². The van der Waals surface area contributed by atoms with Gasteiger partial charge in [0.15, 0.2) is 6.23 Å². The second-order valence-electron chi connectivity index (χ2n) is 8.42. The number of alkyl halides is 2. The van der Waals surface area contributed by atoms with Crippen molar-refractivity contribution in [1.82, 2.24) is 14.5 Å². The zero-order chi connectivity index (χ0) is 24.4. The minimum Gasteiger partial charge on any atom is -0.675 e. The number of rotatable bonds is 9. The van der Waals surface area contributed by atoms with Gasteiger partial charge in [0.1, 0.15) is 5.75 Å². The van der Waals surface area contributed by atoms with Gasteiger partial charge in [-0.3, -0.25) is 4.90 Å². The van der Waals surface area contributed by atoms with Crippen LogP contribution in [0.3, 0.4) is 0 Å². The number of ether oxygens (including phenoxy) is 2. The number of benzene rings is 2. The molecule has 0 amide bonds. The molecule has 2 unspecified atom stereocenters. The van der Waals surface area contributed by atoms with Crippen LogP contribution in [-0.4, -0.2) is 60.5 Å². The number of likely N-dealkylation sites (tertiary alicyclic amines) is 1. The third-order valence-electron chi connectivity index (χ3n) is 5.98. The molecule has 3 aromatic rings. The molecule has 0 spiro atoms. The maximum absolute atomic E-state index is 13.4. The molecule has 9 heteroatoms. The SMILES string of the molecule is COC(C(F)F)N1CCC(Cc2ccccc2)(c2cccc(OCC[NH-])c2)C1.Cn1c[c-]nc1.[Os+2]. The predicted molar refractivity (Wildman–Crippen MR) is 128 cm³/mol. The summed E-state index contributed by atoms with van der Waals surface area (Å²) in [4.78, 5) is 5.40. The van der Waals surface area contributed by atoms with Gasteiger partial charge in [0.2, 0.25) is 0 Å². The Bertz CT molecular complexity index is 979. The molecular weight excluding hydrogens is 629 g/mol. The Morgan fingerprint density at radius 2 is 1.94 bits per heavy atom. The van der Waals surface area contributed by atoms with Crippen LogP contribution in [0.4, 0.5) is 8.78 Å². The summed E-state index contributed by atoms with van der Waals surface area (Å²) in [6.45, 7) is 1.57. The van der Waals surface area contributed by atoms with Crippen LogP contribution in [-0.2, 0) is 43.4 Å². The first-order valence-corrected chi connectivity index (χ1v) is 11.3. The van der Waals surface area contributed by atoms with Gasteiger partial charge in [-0.2, -0.15) is 0 Å². The van der Waals surface area contributed by atoms with Crippen molar-refractivity contribution in [2.75, 3.05) is 33.4 Å². The number of nitrogens with zero attached hydrogens (tertiary/aromatic N) is 3. The molecule has 0 radical (unpaired) electrons. The number of hydrogen-bond donors (Lipinski definition) is 0. The fourth-order valence-electron chi connectivity index (χ4n) is 4.37. The van der Waals surface area contributed by atoms with E-state index in [-0.39, 0.29) is 31.8 Å². The minimum absolute atomic E-state index is 0. The molecule has 1 aliphatic rings. The van der Waals surface area contributed by atoms with Gasteiger partial charge in [-0.05, 0) is 43.1 Å². The van der Waals surface area contributed by atoms with Crippen LogP contribution in [0.25, 0.3) is 5.73 Å². The summed E-state index contributed by atoms with van der Waals surface area (Å²) in [5.74, 6) is 0.716. The largest absolute Gasteiger partial charge is 2.00 e. The number of methoxy groups -OCH3 is 1. The second-order valence-corrected chi connectivity index (χ2v) is 8.42. The quantitative estimate of drug-likeness (QED) is 0.311. The zero-order valence-electron chi connectivity index (χ0n) is 20.0. The van der Waals surface area contributed by atoms with E-state index >= 15 is 0 Å². The van der Waals surface area contributed by atoms with E-state index in [1.807, 2.05) is 54.1 Å². The van der Waals surface area contributed by atoms with Crippen LogP contribution in [0.5, 0.6) is 5.75 Å². The molecule has 190 valence electrons. The fourth-order valence-corrected chi connectivity index (χ4v) is 4.37. The summed E-state index contributed by atoms with van der Waals surface area (Å²) in [5, 5.41) is 0. The van der Waals surface area contributed by atoms with Gasteiger partial charge in [0.25, 0.3) is 6.43 Å². The van der Waals surface area contributed by atoms with Crippen molar-refractivity contribution in [2.24, 2.45) is 7.05 Å². The molecule has 2 atom stereocenters. The minimum atomic E-state index is -2.55. The Labute approximate surface area is 219 Å². The smallest absolute Gasteiger partial charge is 0.675 e. The van der Waals surface area contributed by atoms with Gasteiger partial charge in [-0.15, -0.1) is 12.7 Å². The number of halogens is 2. The molecule has 2 heterocycles. The van der Waals surface area contributed by atoms with E-state index in [9.17, 15) is 8.78 Å². The van der Waals surface area contributed by atoms with Crippen LogP contribution < -0.4 is 4.74 Å². The van der Waals surface area contributed by atoms with E-state index in [4.69, 9.17) is 15.2 Å². The molecule has 4 rings (SSSR count). The van der Waals surface area contributed by atoms with Crippen molar-refractivity contribution >= 4 is 0 Å². The van der Waals surface area contributed by atoms with Crippen molar-refractivity contribution in [1.29, 1.82) is 0 Å². The second kappa shape index (κ2) is 14.4. The average molecular weight is 661 g/mol. The number of aromatic nitrogens is 2. The number of aryl methyl sites for hydroxylation is 1. The van der Waals surface area contributed by atoms with E-state index < -0.39 is 12.7 Å². The van der Waals surface area contributed by atoms with Crippen molar-refractivity contribution in [3.63, 3.8) is 0 Å². The molecule has 35 heavy (non-hydrogen) atoms. The van der Waals surface area contributed by atoms with Crippen molar-refractivity contribution in [3.05, 3.63) is 90.2 Å². The summed E-state index contributed by atoms with van der Waals surface area (Å²) in [7, 11) is 3.24. The first-order chi connectivity index (χ1) is 16.5. The Hall–Kier alpha value is -2.17. The van der Waals surface area contributed by atoms with E-state index in [0.717, 1.165) is 18.4 Å². The van der Waals surface area contributed by atoms with E-state index in [1.54, 1.807) is 17.4 Å². The molecule has 1 aromatic heterocycles. The van der Waals surface area contributed by atoms with Crippen LogP contribution in [0.15, 0.2) is 67.1 Å². The number of imidazole rings is 1. The first kappa shape index (κ1) is 29.1. The number of hydrogen-bond acceptors (Lipinski definition) is 4. The summed E-state index contributed by atoms with van der Waals surface area (Å²) < 4.78 is 39.4. The first-order valence-electron chi connectivity index (χ1n) is 11.3. The van der Waals surface area contributed by atoms with Gasteiger partial charge in [0, 0.05) is 25.6 Å². The van der Waals surface area contributed by atoms with Gasteiger partial charge >= 0.3 is 19.8 Å². The Kier molecular flexibility index (Phi) is 12.0. The van der Waals surface area contributed by atoms with Crippen molar-refractivity contribution in [3.8, 4) is 5.75 Å². The van der Waals surface area contributed by atoms with Crippen LogP contribution in [0.2, 0.25) is 0 Å². The van der Waals surface area contributed by atoms with Crippen LogP contribution in [0, 0.1) is 6.20 Å². The Balaban J connectivity index is 0.000000539. The monoisotopic (exact) mass is 662 g/mol. The van der Waals surface area contributed by atoms with E-state index in [2.05, 4.69) is 23.3 Å². The number of nitrogens with one attached hydrogen (secondary N) is 1. The maximum Gasteiger partial charge on any atom is 2.00 e. The third kappa shape index (κ3) is 8.18. The average Bonchev–Trinajstić information content (AvgIpc) is 3.49. The predicted octanol–water partition coefficient (Wildman–Crippen LogP) is 4.76. The topological polar surface area (TPSA) is 63.3 Å². The molecule has 0 saturated carbocycles. The normalized spacial score (nSPS) is 18.5. The molecule has 1 saturated heterocycles. The summed E-state index contributed by atoms with van der Waals surface area (Å²) in [6, 6.07) is 18.0. The van der Waals surface area contributed by atoms with Crippen molar-refractivity contribution in [2.45, 2.75) is 30.9 Å². The molecular formula is C26H32F2N4O2Os. The Morgan fingerprint density at radius 1 is 1.17 bits per heavy atom. The van der Waals surface area contributed by atoms with E-state index in [0.29, 0.717) is 25.4 Å². The van der Waals surface area contributed by atoms with Gasteiger partial charge < -0.3 is 24.8 Å². The van der Waals surface area contributed by atoms with Gasteiger partial charge in [-0.25, -0.2) is 8.78 Å². The molecule has 6 nitrogen and oxygen atoms in total. The Morgan fingerprint density at radius 3 is 2.51 bits per heavy atom. The van der Waals surface area contributed by atoms with Crippen molar-refractivity contribution < 1.29 is 38.0 Å². The zero-order valence-corrected chi connectivity index (χ0v) is 22.6. The molecule has 2 aromatic carbocycles. The summed E-state index contributed by atoms with van der Waals surface area (Å²) in [5.41, 5.74) is 9.23. The summed E-state index contributed by atoms with van der Waals surface area (Å²) in [6.07, 6.45) is 3.87. The van der Waals surface area contributed by atoms with E-state index in [1.165, 1.54) is 12.7 Å². The fraction of sp³-hybridized carbons (Fsp3) is 0.423. The molecule has 0 aliphatic carbocycles. The molecule has 0 bridgehead atoms. The van der Waals surface area contributed by atoms with Gasteiger partial charge in [-0.1, -0.05) is 55.0 Å². The van der Waals surface area contributed by atoms with Crippen LogP contribution in [0.1, 0.15) is 17.5 Å². The standard InChI is InChI=1S/C22H27F2N2O2.C4H5N2.Os/c1-27-21(20(23)24)26-12-10-22(16-26,15-17-6-3-2-4-7-17)18-8-5-9-19(14-18)28-13-11-25;1-6-3-2-5-4-6;/h2-9,14,20-21,25H,10-13,15-16H2,1H3;3-4H,1H3;/q2*-1;+2.